The average Bonchev–Trinajstić information content (AvgIpc) is 2.99. The van der Waals surface area contributed by atoms with Crippen LogP contribution in [0.5, 0.6) is 11.5 Å². The van der Waals surface area contributed by atoms with Crippen LogP contribution in [0.2, 0.25) is 5.02 Å². The molecule has 142 valence electrons. The van der Waals surface area contributed by atoms with Crippen LogP contribution >= 0.6 is 27.5 Å². The van der Waals surface area contributed by atoms with Gasteiger partial charge in [-0.05, 0) is 45.8 Å². The summed E-state index contributed by atoms with van der Waals surface area (Å²) in [4.78, 5) is 25.1. The van der Waals surface area contributed by atoms with Crippen molar-refractivity contribution in [2.24, 2.45) is 0 Å². The van der Waals surface area contributed by atoms with Crippen molar-refractivity contribution in [2.75, 3.05) is 18.7 Å². The van der Waals surface area contributed by atoms with E-state index in [4.69, 9.17) is 26.3 Å². The zero-order chi connectivity index (χ0) is 20.3. The number of hydrazine groups is 1. The Bertz CT molecular complexity index is 1020. The van der Waals surface area contributed by atoms with Gasteiger partial charge in [-0.1, -0.05) is 29.8 Å². The molecule has 2 aromatic carbocycles. The number of benzene rings is 2. The highest BCUT2D eigenvalue weighted by Crippen LogP contribution is 2.43. The Morgan fingerprint density at radius 3 is 2.68 bits per heavy atom. The van der Waals surface area contributed by atoms with Gasteiger partial charge in [0.15, 0.2) is 18.1 Å². The van der Waals surface area contributed by atoms with E-state index in [1.807, 2.05) is 12.1 Å². The first-order valence-electron chi connectivity index (χ1n) is 7.95. The van der Waals surface area contributed by atoms with Crippen LogP contribution in [0, 0.1) is 11.3 Å². The minimum Gasteiger partial charge on any atom is -0.493 e. The van der Waals surface area contributed by atoms with E-state index in [0.717, 1.165) is 0 Å². The highest BCUT2D eigenvalue weighted by molar-refractivity contribution is 9.10. The topological polar surface area (TPSA) is 91.7 Å². The molecule has 0 aliphatic carbocycles. The van der Waals surface area contributed by atoms with E-state index >= 15 is 0 Å². The van der Waals surface area contributed by atoms with Crippen LogP contribution in [0.1, 0.15) is 5.56 Å². The second-order valence-corrected chi connectivity index (χ2v) is 6.72. The number of halogens is 2. The number of ether oxygens (including phenoxy) is 2. The highest BCUT2D eigenvalue weighted by atomic mass is 79.9. The SMILES string of the molecule is COc1cc(C=C2C(=O)NN(c3ccccc3)C2=O)c(Br)c(Cl)c1OCC#N. The zero-order valence-electron chi connectivity index (χ0n) is 14.5. The van der Waals surface area contributed by atoms with E-state index in [9.17, 15) is 9.59 Å². The minimum atomic E-state index is -0.541. The molecular formula is C19H13BrClN3O4. The third-order valence-corrected chi connectivity index (χ3v) is 5.31. The molecule has 28 heavy (non-hydrogen) atoms. The van der Waals surface area contributed by atoms with Crippen LogP contribution < -0.4 is 19.9 Å². The van der Waals surface area contributed by atoms with Crippen LogP contribution in [0.15, 0.2) is 46.4 Å². The van der Waals surface area contributed by atoms with Crippen LogP contribution in [0.4, 0.5) is 5.69 Å². The van der Waals surface area contributed by atoms with Crippen LogP contribution in [-0.2, 0) is 9.59 Å². The van der Waals surface area contributed by atoms with Gasteiger partial charge in [0.25, 0.3) is 11.8 Å². The molecule has 1 fully saturated rings. The lowest BCUT2D eigenvalue weighted by Gasteiger charge is -2.14. The van der Waals surface area contributed by atoms with Gasteiger partial charge in [-0.3, -0.25) is 15.0 Å². The lowest BCUT2D eigenvalue weighted by atomic mass is 10.1. The molecule has 1 heterocycles. The maximum atomic E-state index is 12.7. The molecule has 0 spiro atoms. The molecule has 0 bridgehead atoms. The van der Waals surface area contributed by atoms with Crippen molar-refractivity contribution in [1.29, 1.82) is 5.26 Å². The maximum Gasteiger partial charge on any atom is 0.282 e. The lowest BCUT2D eigenvalue weighted by Crippen LogP contribution is -2.35. The van der Waals surface area contributed by atoms with Gasteiger partial charge < -0.3 is 9.47 Å². The molecule has 0 unspecified atom stereocenters. The standard InChI is InChI=1S/C19H13BrClN3O4/c1-27-14-10-11(15(20)16(21)17(14)28-8-7-22)9-13-18(25)23-24(19(13)26)12-5-3-2-4-6-12/h2-6,9-10H,8H2,1H3,(H,23,25). The first kappa shape index (κ1) is 19.7. The second kappa shape index (κ2) is 8.33. The fourth-order valence-electron chi connectivity index (χ4n) is 2.57. The Morgan fingerprint density at radius 1 is 1.32 bits per heavy atom. The summed E-state index contributed by atoms with van der Waals surface area (Å²) in [5.41, 5.74) is 3.45. The summed E-state index contributed by atoms with van der Waals surface area (Å²) >= 11 is 9.66. The van der Waals surface area contributed by atoms with Crippen molar-refractivity contribution < 1.29 is 19.1 Å². The number of nitriles is 1. The Morgan fingerprint density at radius 2 is 2.04 bits per heavy atom. The van der Waals surface area contributed by atoms with Gasteiger partial charge in [0.2, 0.25) is 0 Å². The summed E-state index contributed by atoms with van der Waals surface area (Å²) in [6.07, 6.45) is 1.41. The van der Waals surface area contributed by atoms with Gasteiger partial charge in [-0.2, -0.15) is 5.26 Å². The normalized spacial score (nSPS) is 14.8. The monoisotopic (exact) mass is 461 g/mol. The molecule has 1 N–H and O–H groups in total. The number of nitrogens with zero attached hydrogens (tertiary/aromatic N) is 2. The van der Waals surface area contributed by atoms with Crippen molar-refractivity contribution in [3.8, 4) is 17.6 Å². The van der Waals surface area contributed by atoms with Crippen LogP contribution in [0.3, 0.4) is 0 Å². The van der Waals surface area contributed by atoms with Gasteiger partial charge in [0, 0.05) is 4.47 Å². The number of hydrogen-bond acceptors (Lipinski definition) is 5. The minimum absolute atomic E-state index is 0.0617. The van der Waals surface area contributed by atoms with Crippen molar-refractivity contribution in [1.82, 2.24) is 5.43 Å². The number of methoxy groups -OCH3 is 1. The smallest absolute Gasteiger partial charge is 0.282 e. The van der Waals surface area contributed by atoms with Crippen molar-refractivity contribution in [3.63, 3.8) is 0 Å². The Labute approximate surface area is 174 Å². The van der Waals surface area contributed by atoms with Gasteiger partial charge in [0.1, 0.15) is 16.7 Å². The third kappa shape index (κ3) is 3.67. The molecule has 1 aliphatic heterocycles. The maximum absolute atomic E-state index is 12.7. The summed E-state index contributed by atoms with van der Waals surface area (Å²) in [5, 5.41) is 10.0. The largest absolute Gasteiger partial charge is 0.493 e. The molecule has 3 rings (SSSR count). The second-order valence-electron chi connectivity index (χ2n) is 5.55. The lowest BCUT2D eigenvalue weighted by molar-refractivity contribution is -0.117. The molecule has 0 atom stereocenters. The van der Waals surface area contributed by atoms with Gasteiger partial charge in [-0.15, -0.1) is 0 Å². The molecular weight excluding hydrogens is 450 g/mol. The van der Waals surface area contributed by atoms with Crippen molar-refractivity contribution >= 4 is 51.1 Å². The summed E-state index contributed by atoms with van der Waals surface area (Å²) in [7, 11) is 1.42. The van der Waals surface area contributed by atoms with E-state index in [1.54, 1.807) is 30.3 Å². The number of amides is 2. The van der Waals surface area contributed by atoms with Crippen molar-refractivity contribution in [2.45, 2.75) is 0 Å². The number of anilines is 1. The van der Waals surface area contributed by atoms with Crippen molar-refractivity contribution in [3.05, 3.63) is 57.0 Å². The first-order chi connectivity index (χ1) is 13.5. The molecule has 7 nitrogen and oxygen atoms in total. The Balaban J connectivity index is 2.01. The van der Waals surface area contributed by atoms with E-state index < -0.39 is 11.8 Å². The number of para-hydroxylation sites is 1. The molecule has 2 aromatic rings. The van der Waals surface area contributed by atoms with Gasteiger partial charge in [-0.25, -0.2) is 5.01 Å². The third-order valence-electron chi connectivity index (χ3n) is 3.86. The fraction of sp³-hybridized carbons (Fsp3) is 0.105. The van der Waals surface area contributed by atoms with E-state index in [2.05, 4.69) is 21.4 Å². The average molecular weight is 463 g/mol. The quantitative estimate of drug-likeness (QED) is 0.543. The van der Waals surface area contributed by atoms with E-state index in [0.29, 0.717) is 15.7 Å². The summed E-state index contributed by atoms with van der Waals surface area (Å²) in [6.45, 7) is -0.212. The summed E-state index contributed by atoms with van der Waals surface area (Å²) in [5.74, 6) is -0.586. The molecule has 0 aromatic heterocycles. The molecule has 0 radical (unpaired) electrons. The summed E-state index contributed by atoms with van der Waals surface area (Å²) < 4.78 is 11.0. The molecule has 1 saturated heterocycles. The van der Waals surface area contributed by atoms with E-state index in [1.165, 1.54) is 18.2 Å². The highest BCUT2D eigenvalue weighted by Gasteiger charge is 2.34. The fourth-order valence-corrected chi connectivity index (χ4v) is 3.24. The van der Waals surface area contributed by atoms with E-state index in [-0.39, 0.29) is 28.7 Å². The number of rotatable bonds is 5. The zero-order valence-corrected chi connectivity index (χ0v) is 16.9. The summed E-state index contributed by atoms with van der Waals surface area (Å²) in [6, 6.07) is 12.2. The van der Waals surface area contributed by atoms with Crippen LogP contribution in [0.25, 0.3) is 6.08 Å². The number of carbonyl (C=O) groups is 2. The predicted octanol–water partition coefficient (Wildman–Crippen LogP) is 3.47. The molecule has 0 saturated carbocycles. The molecule has 2 amide bonds. The number of hydrogen-bond donors (Lipinski definition) is 1. The molecule has 1 aliphatic rings. The van der Waals surface area contributed by atoms with Crippen LogP contribution in [-0.4, -0.2) is 25.5 Å². The molecule has 9 heteroatoms. The van der Waals surface area contributed by atoms with Gasteiger partial charge >= 0.3 is 0 Å². The number of nitrogens with one attached hydrogen (secondary N) is 1. The Hall–Kier alpha value is -3.02. The predicted molar refractivity (Wildman–Crippen MR) is 107 cm³/mol. The van der Waals surface area contributed by atoms with Gasteiger partial charge in [0.05, 0.1) is 12.8 Å². The first-order valence-corrected chi connectivity index (χ1v) is 9.13. The number of carbonyl (C=O) groups excluding carboxylic acids is 2. The Kier molecular flexibility index (Phi) is 5.87.